The highest BCUT2D eigenvalue weighted by Gasteiger charge is 2.18. The summed E-state index contributed by atoms with van der Waals surface area (Å²) in [7, 11) is 0. The predicted octanol–water partition coefficient (Wildman–Crippen LogP) is 1.00. The minimum Gasteiger partial charge on any atom is -0.480 e. The molecule has 8 nitrogen and oxygen atoms in total. The fourth-order valence-corrected chi connectivity index (χ4v) is 1.40. The molecule has 0 unspecified atom stereocenters. The van der Waals surface area contributed by atoms with Crippen molar-refractivity contribution >= 4 is 34.9 Å². The van der Waals surface area contributed by atoms with Crippen LogP contribution in [0.15, 0.2) is 12.1 Å². The van der Waals surface area contributed by atoms with Gasteiger partial charge in [0.05, 0.1) is 22.6 Å². The number of aliphatic carboxylic acids is 1. The van der Waals surface area contributed by atoms with E-state index in [9.17, 15) is 24.1 Å². The van der Waals surface area contributed by atoms with Crippen LogP contribution in [0.1, 0.15) is 0 Å². The van der Waals surface area contributed by atoms with E-state index in [2.05, 4.69) is 5.32 Å². The lowest BCUT2D eigenvalue weighted by molar-refractivity contribution is -0.384. The number of carbonyl (C=O) groups excluding carboxylic acids is 1. The van der Waals surface area contributed by atoms with Crippen LogP contribution in [-0.4, -0.2) is 35.0 Å². The van der Waals surface area contributed by atoms with Gasteiger partial charge in [-0.15, -0.1) is 0 Å². The van der Waals surface area contributed by atoms with Crippen LogP contribution in [-0.2, 0) is 9.59 Å². The van der Waals surface area contributed by atoms with Gasteiger partial charge in [-0.1, -0.05) is 11.6 Å². The van der Waals surface area contributed by atoms with Crippen LogP contribution in [0.5, 0.6) is 0 Å². The van der Waals surface area contributed by atoms with E-state index in [1.807, 2.05) is 5.32 Å². The maximum atomic E-state index is 13.1. The van der Waals surface area contributed by atoms with Crippen LogP contribution >= 0.6 is 11.6 Å². The summed E-state index contributed by atoms with van der Waals surface area (Å²) in [5.74, 6) is -2.88. The number of carboxylic acids is 1. The molecular formula is C10H9ClFN3O5. The molecule has 3 N–H and O–H groups in total. The van der Waals surface area contributed by atoms with Gasteiger partial charge in [0.2, 0.25) is 5.91 Å². The van der Waals surface area contributed by atoms with Gasteiger partial charge in [-0.05, 0) is 6.07 Å². The summed E-state index contributed by atoms with van der Waals surface area (Å²) in [5.41, 5.74) is -0.732. The van der Waals surface area contributed by atoms with E-state index in [1.165, 1.54) is 0 Å². The number of halogens is 2. The molecule has 0 aliphatic rings. The second-order valence-electron chi connectivity index (χ2n) is 3.56. The Kier molecular flexibility index (Phi) is 5.21. The van der Waals surface area contributed by atoms with Crippen molar-refractivity contribution < 1.29 is 24.0 Å². The third-order valence-electron chi connectivity index (χ3n) is 2.11. The highest BCUT2D eigenvalue weighted by atomic mass is 35.5. The van der Waals surface area contributed by atoms with Crippen LogP contribution < -0.4 is 10.6 Å². The lowest BCUT2D eigenvalue weighted by Gasteiger charge is -2.08. The number of benzene rings is 1. The fourth-order valence-electron chi connectivity index (χ4n) is 1.24. The molecule has 0 spiro atoms. The van der Waals surface area contributed by atoms with Gasteiger partial charge in [0.15, 0.2) is 0 Å². The molecule has 0 fully saturated rings. The zero-order valence-electron chi connectivity index (χ0n) is 9.85. The first kappa shape index (κ1) is 15.6. The highest BCUT2D eigenvalue weighted by molar-refractivity contribution is 6.31. The molecule has 10 heteroatoms. The molecule has 108 valence electrons. The van der Waals surface area contributed by atoms with E-state index in [-0.39, 0.29) is 10.7 Å². The van der Waals surface area contributed by atoms with Gasteiger partial charge < -0.3 is 15.7 Å². The van der Waals surface area contributed by atoms with E-state index in [0.29, 0.717) is 6.07 Å². The zero-order chi connectivity index (χ0) is 15.3. The standard InChI is InChI=1S/C10H9ClFN3O5/c11-5-1-7(8(15(19)20)2-6(5)12)13-3-9(16)14-4-10(17)18/h1-2,13H,3-4H2,(H,14,16)(H,17,18). The summed E-state index contributed by atoms with van der Waals surface area (Å²) < 4.78 is 13.1. The number of nitrogens with one attached hydrogen (secondary N) is 2. The molecule has 0 aliphatic carbocycles. The number of nitro benzene ring substituents is 1. The number of nitrogens with zero attached hydrogens (tertiary/aromatic N) is 1. The molecule has 0 aliphatic heterocycles. The Morgan fingerprint density at radius 3 is 2.60 bits per heavy atom. The molecule has 0 saturated carbocycles. The summed E-state index contributed by atoms with van der Waals surface area (Å²) in [6.07, 6.45) is 0. The van der Waals surface area contributed by atoms with E-state index >= 15 is 0 Å². The minimum atomic E-state index is -1.23. The number of anilines is 1. The smallest absolute Gasteiger partial charge is 0.322 e. The number of hydrogen-bond donors (Lipinski definition) is 3. The third kappa shape index (κ3) is 4.35. The number of carboxylic acid groups (broad SMARTS) is 1. The predicted molar refractivity (Wildman–Crippen MR) is 67.2 cm³/mol. The van der Waals surface area contributed by atoms with Crippen LogP contribution in [0.25, 0.3) is 0 Å². The molecule has 1 amide bonds. The number of rotatable bonds is 6. The first-order valence-electron chi connectivity index (χ1n) is 5.17. The molecule has 1 aromatic carbocycles. The molecule has 0 bridgehead atoms. The Morgan fingerprint density at radius 1 is 1.40 bits per heavy atom. The molecule has 0 atom stereocenters. The lowest BCUT2D eigenvalue weighted by atomic mass is 10.2. The number of nitro groups is 1. The Balaban J connectivity index is 2.77. The first-order chi connectivity index (χ1) is 9.31. The number of amides is 1. The van der Waals surface area contributed by atoms with Crippen LogP contribution in [0, 0.1) is 15.9 Å². The van der Waals surface area contributed by atoms with Crippen molar-refractivity contribution in [3.8, 4) is 0 Å². The molecule has 0 saturated heterocycles. The van der Waals surface area contributed by atoms with Gasteiger partial charge >= 0.3 is 5.97 Å². The largest absolute Gasteiger partial charge is 0.480 e. The van der Waals surface area contributed by atoms with Gasteiger partial charge in [-0.3, -0.25) is 19.7 Å². The molecular weight excluding hydrogens is 297 g/mol. The molecule has 0 aromatic heterocycles. The quantitative estimate of drug-likeness (QED) is 0.532. The fraction of sp³-hybridized carbons (Fsp3) is 0.200. The topological polar surface area (TPSA) is 122 Å². The van der Waals surface area contributed by atoms with Crippen molar-refractivity contribution in [3.05, 3.63) is 33.1 Å². The van der Waals surface area contributed by atoms with Gasteiger partial charge in [0.1, 0.15) is 18.0 Å². The molecule has 0 radical (unpaired) electrons. The second kappa shape index (κ2) is 6.66. The SMILES string of the molecule is O=C(O)CNC(=O)CNc1cc(Cl)c(F)cc1[N+](=O)[O-]. The normalized spacial score (nSPS) is 9.90. The number of hydrogen-bond acceptors (Lipinski definition) is 5. The Labute approximate surface area is 116 Å². The Morgan fingerprint density at radius 2 is 2.05 bits per heavy atom. The first-order valence-corrected chi connectivity index (χ1v) is 5.55. The van der Waals surface area contributed by atoms with Crippen molar-refractivity contribution in [1.82, 2.24) is 5.32 Å². The van der Waals surface area contributed by atoms with E-state index in [0.717, 1.165) is 6.07 Å². The Hall–Kier alpha value is -2.42. The minimum absolute atomic E-state index is 0.146. The average molecular weight is 306 g/mol. The summed E-state index contributed by atoms with van der Waals surface area (Å²) >= 11 is 5.49. The molecule has 1 rings (SSSR count). The maximum Gasteiger partial charge on any atom is 0.322 e. The van der Waals surface area contributed by atoms with Crippen LogP contribution in [0.2, 0.25) is 5.02 Å². The van der Waals surface area contributed by atoms with Crippen molar-refractivity contribution in [2.24, 2.45) is 0 Å². The second-order valence-corrected chi connectivity index (χ2v) is 3.97. The monoisotopic (exact) mass is 305 g/mol. The molecule has 1 aromatic rings. The average Bonchev–Trinajstić information content (AvgIpc) is 2.36. The zero-order valence-corrected chi connectivity index (χ0v) is 10.6. The number of carbonyl (C=O) groups is 2. The lowest BCUT2D eigenvalue weighted by Crippen LogP contribution is -2.33. The van der Waals surface area contributed by atoms with Crippen molar-refractivity contribution in [2.45, 2.75) is 0 Å². The van der Waals surface area contributed by atoms with Crippen LogP contribution in [0.4, 0.5) is 15.8 Å². The van der Waals surface area contributed by atoms with Crippen LogP contribution in [0.3, 0.4) is 0 Å². The van der Waals surface area contributed by atoms with Crippen molar-refractivity contribution in [2.75, 3.05) is 18.4 Å². The molecule has 20 heavy (non-hydrogen) atoms. The summed E-state index contributed by atoms with van der Waals surface area (Å²) in [6.45, 7) is -0.997. The molecule has 0 heterocycles. The highest BCUT2D eigenvalue weighted by Crippen LogP contribution is 2.29. The summed E-state index contributed by atoms with van der Waals surface area (Å²) in [4.78, 5) is 31.3. The van der Waals surface area contributed by atoms with E-state index in [1.54, 1.807) is 0 Å². The van der Waals surface area contributed by atoms with E-state index in [4.69, 9.17) is 16.7 Å². The summed E-state index contributed by atoms with van der Waals surface area (Å²) in [6, 6.07) is 1.60. The Bertz CT molecular complexity index is 566. The van der Waals surface area contributed by atoms with Gasteiger partial charge in [0, 0.05) is 0 Å². The van der Waals surface area contributed by atoms with Gasteiger partial charge in [-0.25, -0.2) is 4.39 Å². The maximum absolute atomic E-state index is 13.1. The van der Waals surface area contributed by atoms with Crippen molar-refractivity contribution in [3.63, 3.8) is 0 Å². The van der Waals surface area contributed by atoms with Gasteiger partial charge in [-0.2, -0.15) is 0 Å². The van der Waals surface area contributed by atoms with E-state index < -0.39 is 41.4 Å². The van der Waals surface area contributed by atoms with Gasteiger partial charge in [0.25, 0.3) is 5.69 Å². The summed E-state index contributed by atoms with van der Waals surface area (Å²) in [5, 5.41) is 23.2. The third-order valence-corrected chi connectivity index (χ3v) is 2.40. The van der Waals surface area contributed by atoms with Crippen molar-refractivity contribution in [1.29, 1.82) is 0 Å².